The first kappa shape index (κ1) is 8.62. The zero-order valence-corrected chi connectivity index (χ0v) is 7.07. The first-order valence-electron chi connectivity index (χ1n) is 3.95. The van der Waals surface area contributed by atoms with Gasteiger partial charge in [0, 0.05) is 23.2 Å². The van der Waals surface area contributed by atoms with Gasteiger partial charge in [0.15, 0.2) is 0 Å². The van der Waals surface area contributed by atoms with E-state index < -0.39 is 11.8 Å². The number of fused-ring (bicyclic) bond motifs is 1. The molecule has 0 aliphatic carbocycles. The third kappa shape index (κ3) is 1.21. The summed E-state index contributed by atoms with van der Waals surface area (Å²) in [5.74, 6) is -1.53. The van der Waals surface area contributed by atoms with E-state index in [1.165, 1.54) is 24.5 Å². The van der Waals surface area contributed by atoms with Crippen LogP contribution < -0.4 is 0 Å². The molecule has 1 aromatic carbocycles. The first-order chi connectivity index (χ1) is 6.70. The summed E-state index contributed by atoms with van der Waals surface area (Å²) in [5, 5.41) is 9.43. The second-order valence-electron chi connectivity index (χ2n) is 2.82. The first-order valence-corrected chi connectivity index (χ1v) is 3.95. The van der Waals surface area contributed by atoms with Crippen LogP contribution in [-0.4, -0.2) is 16.1 Å². The number of carbonyl (C=O) groups is 1. The largest absolute Gasteiger partial charge is 0.478 e. The van der Waals surface area contributed by atoms with Crippen LogP contribution in [0, 0.1) is 5.82 Å². The Kier molecular flexibility index (Phi) is 1.89. The Labute approximate surface area is 78.8 Å². The van der Waals surface area contributed by atoms with Crippen molar-refractivity contribution >= 4 is 16.7 Å². The molecule has 14 heavy (non-hydrogen) atoms. The van der Waals surface area contributed by atoms with E-state index >= 15 is 0 Å². The fourth-order valence-corrected chi connectivity index (χ4v) is 1.34. The lowest BCUT2D eigenvalue weighted by Crippen LogP contribution is -1.98. The summed E-state index contributed by atoms with van der Waals surface area (Å²) in [6.45, 7) is 0. The van der Waals surface area contributed by atoms with Gasteiger partial charge in [0.25, 0.3) is 0 Å². The van der Waals surface area contributed by atoms with Crippen molar-refractivity contribution < 1.29 is 14.3 Å². The minimum absolute atomic E-state index is 0.0869. The maximum atomic E-state index is 13.2. The van der Waals surface area contributed by atoms with E-state index in [9.17, 15) is 9.18 Å². The molecule has 0 saturated carbocycles. The zero-order valence-electron chi connectivity index (χ0n) is 7.07. The molecule has 0 unspecified atom stereocenters. The zero-order chi connectivity index (χ0) is 10.1. The second-order valence-corrected chi connectivity index (χ2v) is 2.82. The number of pyridine rings is 1. The SMILES string of the molecule is O=C(O)c1ccc(F)c2cnccc12. The van der Waals surface area contributed by atoms with Crippen LogP contribution in [0.4, 0.5) is 4.39 Å². The molecule has 70 valence electrons. The van der Waals surface area contributed by atoms with Gasteiger partial charge in [0.2, 0.25) is 0 Å². The van der Waals surface area contributed by atoms with Crippen LogP contribution in [0.25, 0.3) is 10.8 Å². The van der Waals surface area contributed by atoms with Gasteiger partial charge in [-0.05, 0) is 18.2 Å². The van der Waals surface area contributed by atoms with Gasteiger partial charge in [0.05, 0.1) is 5.56 Å². The number of hydrogen-bond acceptors (Lipinski definition) is 2. The van der Waals surface area contributed by atoms with Crippen LogP contribution in [0.1, 0.15) is 10.4 Å². The van der Waals surface area contributed by atoms with Gasteiger partial charge < -0.3 is 5.11 Å². The van der Waals surface area contributed by atoms with E-state index in [-0.39, 0.29) is 10.9 Å². The van der Waals surface area contributed by atoms with E-state index in [1.807, 2.05) is 0 Å². The molecule has 0 fully saturated rings. The predicted molar refractivity (Wildman–Crippen MR) is 48.7 cm³/mol. The molecule has 4 heteroatoms. The number of carboxylic acid groups (broad SMARTS) is 1. The van der Waals surface area contributed by atoms with Crippen molar-refractivity contribution in [2.75, 3.05) is 0 Å². The number of halogens is 1. The number of rotatable bonds is 1. The molecule has 0 spiro atoms. The maximum absolute atomic E-state index is 13.2. The molecule has 1 aromatic heterocycles. The van der Waals surface area contributed by atoms with E-state index in [0.717, 1.165) is 6.07 Å². The lowest BCUT2D eigenvalue weighted by Gasteiger charge is -2.01. The number of nitrogens with zero attached hydrogens (tertiary/aromatic N) is 1. The van der Waals surface area contributed by atoms with Gasteiger partial charge in [-0.3, -0.25) is 4.98 Å². The highest BCUT2D eigenvalue weighted by molar-refractivity contribution is 6.03. The number of aromatic nitrogens is 1. The van der Waals surface area contributed by atoms with Crippen molar-refractivity contribution in [1.29, 1.82) is 0 Å². The van der Waals surface area contributed by atoms with Crippen molar-refractivity contribution in [2.24, 2.45) is 0 Å². The lowest BCUT2D eigenvalue weighted by molar-refractivity contribution is 0.0699. The molecule has 0 saturated heterocycles. The Morgan fingerprint density at radius 2 is 2.07 bits per heavy atom. The fourth-order valence-electron chi connectivity index (χ4n) is 1.34. The summed E-state index contributed by atoms with van der Waals surface area (Å²) in [7, 11) is 0. The summed E-state index contributed by atoms with van der Waals surface area (Å²) < 4.78 is 13.2. The van der Waals surface area contributed by atoms with Gasteiger partial charge in [-0.2, -0.15) is 0 Å². The molecule has 0 aliphatic rings. The molecule has 1 N–H and O–H groups in total. The highest BCUT2D eigenvalue weighted by Gasteiger charge is 2.10. The highest BCUT2D eigenvalue weighted by Crippen LogP contribution is 2.20. The maximum Gasteiger partial charge on any atom is 0.336 e. The molecular weight excluding hydrogens is 185 g/mol. The molecule has 0 amide bonds. The quantitative estimate of drug-likeness (QED) is 0.750. The third-order valence-electron chi connectivity index (χ3n) is 2.00. The minimum atomic E-state index is -1.07. The monoisotopic (exact) mass is 191 g/mol. The van der Waals surface area contributed by atoms with Crippen LogP contribution >= 0.6 is 0 Å². The van der Waals surface area contributed by atoms with E-state index in [0.29, 0.717) is 5.39 Å². The average Bonchev–Trinajstić information content (AvgIpc) is 2.18. The van der Waals surface area contributed by atoms with Crippen LogP contribution in [0.5, 0.6) is 0 Å². The molecule has 0 atom stereocenters. The van der Waals surface area contributed by atoms with Gasteiger partial charge in [-0.1, -0.05) is 0 Å². The number of carboxylic acids is 1. The van der Waals surface area contributed by atoms with Crippen LogP contribution in [0.15, 0.2) is 30.6 Å². The smallest absolute Gasteiger partial charge is 0.336 e. The molecule has 0 bridgehead atoms. The summed E-state index contributed by atoms with van der Waals surface area (Å²) in [6, 6.07) is 3.87. The van der Waals surface area contributed by atoms with Crippen LogP contribution in [0.2, 0.25) is 0 Å². The van der Waals surface area contributed by atoms with Crippen molar-refractivity contribution in [3.63, 3.8) is 0 Å². The Bertz CT molecular complexity index is 510. The number of benzene rings is 1. The summed E-state index contributed by atoms with van der Waals surface area (Å²) >= 11 is 0. The molecule has 3 nitrogen and oxygen atoms in total. The van der Waals surface area contributed by atoms with Crippen molar-refractivity contribution in [2.45, 2.75) is 0 Å². The predicted octanol–water partition coefficient (Wildman–Crippen LogP) is 2.07. The Morgan fingerprint density at radius 1 is 1.29 bits per heavy atom. The minimum Gasteiger partial charge on any atom is -0.478 e. The fraction of sp³-hybridized carbons (Fsp3) is 0. The van der Waals surface area contributed by atoms with Gasteiger partial charge in [0.1, 0.15) is 5.82 Å². The Morgan fingerprint density at radius 3 is 2.79 bits per heavy atom. The number of aromatic carboxylic acids is 1. The molecule has 2 rings (SSSR count). The van der Waals surface area contributed by atoms with Crippen molar-refractivity contribution in [3.05, 3.63) is 42.0 Å². The Balaban J connectivity index is 2.88. The second kappa shape index (κ2) is 3.06. The van der Waals surface area contributed by atoms with E-state index in [1.54, 1.807) is 0 Å². The number of hydrogen-bond donors (Lipinski definition) is 1. The van der Waals surface area contributed by atoms with Crippen molar-refractivity contribution in [1.82, 2.24) is 4.98 Å². The van der Waals surface area contributed by atoms with E-state index in [4.69, 9.17) is 5.11 Å². The lowest BCUT2D eigenvalue weighted by atomic mass is 10.1. The van der Waals surface area contributed by atoms with Gasteiger partial charge in [-0.25, -0.2) is 9.18 Å². The molecule has 2 aromatic rings. The highest BCUT2D eigenvalue weighted by atomic mass is 19.1. The molecule has 0 radical (unpaired) electrons. The molecule has 1 heterocycles. The van der Waals surface area contributed by atoms with Crippen LogP contribution in [-0.2, 0) is 0 Å². The normalized spacial score (nSPS) is 10.4. The topological polar surface area (TPSA) is 50.2 Å². The average molecular weight is 191 g/mol. The summed E-state index contributed by atoms with van der Waals surface area (Å²) in [4.78, 5) is 14.5. The third-order valence-corrected chi connectivity index (χ3v) is 2.00. The summed E-state index contributed by atoms with van der Waals surface area (Å²) in [5.41, 5.74) is 0.0869. The van der Waals surface area contributed by atoms with E-state index in [2.05, 4.69) is 4.98 Å². The molecular formula is C10H6FNO2. The molecule has 0 aliphatic heterocycles. The standard InChI is InChI=1S/C10H6FNO2/c11-9-2-1-7(10(13)14)6-3-4-12-5-8(6)9/h1-5H,(H,13,14). The summed E-state index contributed by atoms with van der Waals surface area (Å²) in [6.07, 6.45) is 2.76. The van der Waals surface area contributed by atoms with Gasteiger partial charge in [-0.15, -0.1) is 0 Å². The van der Waals surface area contributed by atoms with Gasteiger partial charge >= 0.3 is 5.97 Å². The Hall–Kier alpha value is -1.97. The van der Waals surface area contributed by atoms with Crippen LogP contribution in [0.3, 0.4) is 0 Å². The van der Waals surface area contributed by atoms with Crippen molar-refractivity contribution in [3.8, 4) is 0 Å².